The Morgan fingerprint density at radius 1 is 1.20 bits per heavy atom. The van der Waals surface area contributed by atoms with E-state index in [0.29, 0.717) is 39.7 Å². The molecule has 0 amide bonds. The number of hydrogen-bond donors (Lipinski definition) is 3. The van der Waals surface area contributed by atoms with Crippen LogP contribution in [-0.2, 0) is 11.2 Å². The Kier molecular flexibility index (Phi) is 17.7. The van der Waals surface area contributed by atoms with Gasteiger partial charge in [-0.3, -0.25) is 0 Å². The Morgan fingerprint density at radius 2 is 1.88 bits per heavy atom. The van der Waals surface area contributed by atoms with E-state index >= 15 is 0 Å². The van der Waals surface area contributed by atoms with Crippen LogP contribution >= 0.6 is 30.2 Å². The molecule has 0 bridgehead atoms. The molecule has 2 aromatic rings. The SMILES string of the molecule is CCc1ccc(Nc2c(P)c(F)cc(OCCOC)c2NC)c(F)c1.CSC(CC#N)CC1(C)CC1.OCCP. The molecule has 3 atom stereocenters. The monoisotopic (exact) mass is 615 g/mol. The average molecular weight is 616 g/mol. The molecule has 1 fully saturated rings. The topological polar surface area (TPSA) is 86.5 Å². The van der Waals surface area contributed by atoms with E-state index in [0.717, 1.165) is 24.6 Å². The standard InChI is InChI=1S/C18H23F2N2O2P.C9H15NS.C2H7OP/c1-4-11-5-6-14(12(19)9-11)22-17-16(21-2)15(24-8-7-23-3)10-13(20)18(17)25;1-9(4-5-9)7-8(11-2)3-6-10;3-1-2-4/h5-6,9-10,21-22H,4,7-8,25H2,1-3H3;8H,3-5,7H2,1-2H3;3H,1-2,4H2. The summed E-state index contributed by atoms with van der Waals surface area (Å²) in [4.78, 5) is 0. The average Bonchev–Trinajstić information content (AvgIpc) is 3.69. The fraction of sp³-hybridized carbons (Fsp3) is 0.552. The number of nitriles is 1. The van der Waals surface area contributed by atoms with Gasteiger partial charge in [-0.25, -0.2) is 8.78 Å². The van der Waals surface area contributed by atoms with Crippen LogP contribution in [0.2, 0.25) is 0 Å². The van der Waals surface area contributed by atoms with E-state index in [1.165, 1.54) is 31.4 Å². The fourth-order valence-electron chi connectivity index (χ4n) is 3.69. The highest BCUT2D eigenvalue weighted by atomic mass is 32.2. The van der Waals surface area contributed by atoms with Crippen LogP contribution in [0.1, 0.15) is 45.1 Å². The molecular weight excluding hydrogens is 570 g/mol. The molecule has 0 heterocycles. The lowest BCUT2D eigenvalue weighted by atomic mass is 10.0. The zero-order valence-corrected chi connectivity index (χ0v) is 27.4. The Hall–Kier alpha value is -1.68. The van der Waals surface area contributed by atoms with Crippen molar-refractivity contribution in [2.45, 2.75) is 51.2 Å². The number of aryl methyl sites for hydroxylation is 1. The number of benzene rings is 2. The Balaban J connectivity index is 0.000000439. The number of ether oxygens (including phenoxy) is 2. The van der Waals surface area contributed by atoms with Crippen molar-refractivity contribution in [3.63, 3.8) is 0 Å². The van der Waals surface area contributed by atoms with Gasteiger partial charge in [-0.2, -0.15) is 17.0 Å². The van der Waals surface area contributed by atoms with Gasteiger partial charge < -0.3 is 25.2 Å². The zero-order chi connectivity index (χ0) is 30.1. The van der Waals surface area contributed by atoms with Gasteiger partial charge in [0.1, 0.15) is 29.7 Å². The van der Waals surface area contributed by atoms with Crippen molar-refractivity contribution >= 4 is 52.6 Å². The molecule has 0 spiro atoms. The third kappa shape index (κ3) is 12.5. The summed E-state index contributed by atoms with van der Waals surface area (Å²) in [7, 11) is 8.00. The van der Waals surface area contributed by atoms with Gasteiger partial charge in [0.25, 0.3) is 0 Å². The van der Waals surface area contributed by atoms with E-state index in [1.54, 1.807) is 20.2 Å². The van der Waals surface area contributed by atoms with Crippen molar-refractivity contribution in [3.05, 3.63) is 41.5 Å². The number of aliphatic hydroxyl groups excluding tert-OH is 1. The van der Waals surface area contributed by atoms with Crippen LogP contribution in [0.3, 0.4) is 0 Å². The van der Waals surface area contributed by atoms with Gasteiger partial charge in [0.15, 0.2) is 0 Å². The molecule has 6 nitrogen and oxygen atoms in total. The molecule has 2 aromatic carbocycles. The summed E-state index contributed by atoms with van der Waals surface area (Å²) < 4.78 is 39.1. The van der Waals surface area contributed by atoms with Crippen molar-refractivity contribution in [2.24, 2.45) is 5.41 Å². The van der Waals surface area contributed by atoms with Gasteiger partial charge in [0, 0.05) is 43.8 Å². The highest BCUT2D eigenvalue weighted by Crippen LogP contribution is 2.50. The summed E-state index contributed by atoms with van der Waals surface area (Å²) in [5, 5.41) is 23.2. The number of hydrogen-bond acceptors (Lipinski definition) is 7. The maximum absolute atomic E-state index is 14.3. The molecule has 40 heavy (non-hydrogen) atoms. The number of methoxy groups -OCH3 is 1. The van der Waals surface area contributed by atoms with Gasteiger partial charge in [0.05, 0.1) is 24.1 Å². The Bertz CT molecular complexity index is 1080. The second-order valence-electron chi connectivity index (χ2n) is 9.65. The minimum absolute atomic E-state index is 0.269. The predicted molar refractivity (Wildman–Crippen MR) is 173 cm³/mol. The van der Waals surface area contributed by atoms with Gasteiger partial charge in [-0.1, -0.05) is 19.9 Å². The fourth-order valence-corrected chi connectivity index (χ4v) is 4.80. The second-order valence-corrected chi connectivity index (χ2v) is 11.9. The minimum atomic E-state index is -0.468. The number of thioether (sulfide) groups is 1. The quantitative estimate of drug-likeness (QED) is 0.175. The first-order valence-corrected chi connectivity index (χ1v) is 16.0. The number of rotatable bonds is 13. The van der Waals surface area contributed by atoms with E-state index in [9.17, 15) is 8.78 Å². The number of aliphatic hydroxyl groups is 1. The number of anilines is 3. The maximum Gasteiger partial charge on any atom is 0.147 e. The van der Waals surface area contributed by atoms with Crippen molar-refractivity contribution < 1.29 is 23.4 Å². The van der Waals surface area contributed by atoms with Crippen LogP contribution < -0.4 is 20.7 Å². The summed E-state index contributed by atoms with van der Waals surface area (Å²) >= 11 is 1.84. The molecule has 0 aromatic heterocycles. The Morgan fingerprint density at radius 3 is 2.35 bits per heavy atom. The lowest BCUT2D eigenvalue weighted by molar-refractivity contribution is 0.146. The van der Waals surface area contributed by atoms with Crippen LogP contribution in [0.25, 0.3) is 0 Å². The van der Waals surface area contributed by atoms with Gasteiger partial charge in [-0.05, 0) is 61.2 Å². The van der Waals surface area contributed by atoms with Crippen LogP contribution in [0.15, 0.2) is 24.3 Å². The summed E-state index contributed by atoms with van der Waals surface area (Å²) in [5.41, 5.74) is 2.71. The van der Waals surface area contributed by atoms with E-state index < -0.39 is 11.6 Å². The van der Waals surface area contributed by atoms with Crippen LogP contribution in [0.4, 0.5) is 25.8 Å². The largest absolute Gasteiger partial charge is 0.489 e. The first-order valence-electron chi connectivity index (χ1n) is 13.3. The van der Waals surface area contributed by atoms with Crippen LogP contribution in [-0.4, -0.2) is 56.8 Å². The molecule has 3 rings (SSSR count). The molecule has 3 unspecified atom stereocenters. The number of nitrogens with one attached hydrogen (secondary N) is 2. The molecule has 3 N–H and O–H groups in total. The minimum Gasteiger partial charge on any atom is -0.489 e. The summed E-state index contributed by atoms with van der Waals surface area (Å²) in [6.45, 7) is 5.22. The molecule has 1 aliphatic carbocycles. The maximum atomic E-state index is 14.3. The number of halogens is 2. The van der Waals surface area contributed by atoms with Crippen LogP contribution in [0, 0.1) is 28.4 Å². The zero-order valence-electron chi connectivity index (χ0n) is 24.3. The van der Waals surface area contributed by atoms with Crippen molar-refractivity contribution in [1.82, 2.24) is 0 Å². The first-order chi connectivity index (χ1) is 19.1. The van der Waals surface area contributed by atoms with E-state index in [1.807, 2.05) is 24.8 Å². The van der Waals surface area contributed by atoms with E-state index in [-0.39, 0.29) is 18.9 Å². The normalized spacial score (nSPS) is 13.5. The van der Waals surface area contributed by atoms with Crippen molar-refractivity contribution in [2.75, 3.05) is 57.0 Å². The molecule has 11 heteroatoms. The number of nitrogens with zero attached hydrogens (tertiary/aromatic N) is 1. The highest BCUT2D eigenvalue weighted by Gasteiger charge is 2.38. The smallest absolute Gasteiger partial charge is 0.147 e. The van der Waals surface area contributed by atoms with Crippen molar-refractivity contribution in [1.29, 1.82) is 5.26 Å². The van der Waals surface area contributed by atoms with Gasteiger partial charge in [0.2, 0.25) is 0 Å². The second kappa shape index (κ2) is 19.4. The van der Waals surface area contributed by atoms with E-state index in [4.69, 9.17) is 19.8 Å². The van der Waals surface area contributed by atoms with Crippen LogP contribution in [0.5, 0.6) is 5.75 Å². The summed E-state index contributed by atoms with van der Waals surface area (Å²) in [6, 6.07) is 8.50. The molecular formula is C29H45F2N3O3P2S. The predicted octanol–water partition coefficient (Wildman–Crippen LogP) is 6.51. The third-order valence-electron chi connectivity index (χ3n) is 6.38. The highest BCUT2D eigenvalue weighted by molar-refractivity contribution is 7.99. The molecule has 0 aliphatic heterocycles. The molecule has 1 aliphatic rings. The van der Waals surface area contributed by atoms with Gasteiger partial charge >= 0.3 is 0 Å². The first kappa shape index (κ1) is 36.3. The van der Waals surface area contributed by atoms with E-state index in [2.05, 4.69) is 48.4 Å². The summed E-state index contributed by atoms with van der Waals surface area (Å²) in [5.74, 6) is -0.530. The van der Waals surface area contributed by atoms with Gasteiger partial charge in [-0.15, -0.1) is 18.5 Å². The lowest BCUT2D eigenvalue weighted by Crippen LogP contribution is -2.14. The third-order valence-corrected chi connectivity index (χ3v) is 8.21. The molecule has 0 radical (unpaired) electrons. The molecule has 1 saturated carbocycles. The van der Waals surface area contributed by atoms with Crippen molar-refractivity contribution in [3.8, 4) is 11.8 Å². The lowest BCUT2D eigenvalue weighted by Gasteiger charge is -2.19. The Labute approximate surface area is 247 Å². The molecule has 224 valence electrons. The molecule has 0 saturated heterocycles. The summed E-state index contributed by atoms with van der Waals surface area (Å²) in [6.07, 6.45) is 8.34.